The molecule has 0 saturated carbocycles. The summed E-state index contributed by atoms with van der Waals surface area (Å²) in [6.45, 7) is 0. The Bertz CT molecular complexity index is 591. The molecule has 0 fully saturated rings. The molecular formula is C11H4Cl4OS. The van der Waals surface area contributed by atoms with Crippen molar-refractivity contribution in [3.05, 3.63) is 54.1 Å². The lowest BCUT2D eigenvalue weighted by atomic mass is 10.1. The SMILES string of the molecule is O=C(c1ccc(Cl)c(Cl)c1)c1cc(Cl)sc1Cl. The fourth-order valence-electron chi connectivity index (χ4n) is 1.29. The molecule has 1 heterocycles. The van der Waals surface area contributed by atoms with Gasteiger partial charge in [0.25, 0.3) is 0 Å². The van der Waals surface area contributed by atoms with E-state index in [1.54, 1.807) is 18.2 Å². The van der Waals surface area contributed by atoms with Crippen LogP contribution in [-0.2, 0) is 0 Å². The highest BCUT2D eigenvalue weighted by Crippen LogP contribution is 2.33. The van der Waals surface area contributed by atoms with E-state index < -0.39 is 0 Å². The minimum atomic E-state index is -0.225. The van der Waals surface area contributed by atoms with Crippen LogP contribution in [0, 0.1) is 0 Å². The van der Waals surface area contributed by atoms with E-state index in [4.69, 9.17) is 46.4 Å². The minimum Gasteiger partial charge on any atom is -0.289 e. The van der Waals surface area contributed by atoms with Gasteiger partial charge in [-0.25, -0.2) is 0 Å². The van der Waals surface area contributed by atoms with Crippen LogP contribution in [0.15, 0.2) is 24.3 Å². The van der Waals surface area contributed by atoms with Gasteiger partial charge in [-0.05, 0) is 24.3 Å². The number of carbonyl (C=O) groups is 1. The quantitative estimate of drug-likeness (QED) is 0.657. The third-order valence-electron chi connectivity index (χ3n) is 2.08. The molecule has 1 nitrogen and oxygen atoms in total. The van der Waals surface area contributed by atoms with Crippen LogP contribution in [-0.4, -0.2) is 5.78 Å². The van der Waals surface area contributed by atoms with Gasteiger partial charge in [-0.15, -0.1) is 11.3 Å². The monoisotopic (exact) mass is 324 g/mol. The summed E-state index contributed by atoms with van der Waals surface area (Å²) in [5.74, 6) is -0.225. The maximum Gasteiger partial charge on any atom is 0.195 e. The van der Waals surface area contributed by atoms with E-state index in [1.807, 2.05) is 0 Å². The third-order valence-corrected chi connectivity index (χ3v) is 4.31. The minimum absolute atomic E-state index is 0.225. The Morgan fingerprint density at radius 2 is 1.71 bits per heavy atom. The smallest absolute Gasteiger partial charge is 0.195 e. The first kappa shape index (κ1) is 13.2. The number of hydrogen-bond donors (Lipinski definition) is 0. The molecule has 0 N–H and O–H groups in total. The van der Waals surface area contributed by atoms with Crippen molar-refractivity contribution >= 4 is 63.5 Å². The van der Waals surface area contributed by atoms with Gasteiger partial charge in [-0.3, -0.25) is 4.79 Å². The molecule has 0 bridgehead atoms. The predicted octanol–water partition coefficient (Wildman–Crippen LogP) is 5.59. The van der Waals surface area contributed by atoms with E-state index in [0.717, 1.165) is 11.3 Å². The van der Waals surface area contributed by atoms with Crippen LogP contribution in [0.4, 0.5) is 0 Å². The summed E-state index contributed by atoms with van der Waals surface area (Å²) in [5.41, 5.74) is 0.802. The highest BCUT2D eigenvalue weighted by molar-refractivity contribution is 7.20. The maximum absolute atomic E-state index is 12.1. The zero-order chi connectivity index (χ0) is 12.6. The summed E-state index contributed by atoms with van der Waals surface area (Å²) in [4.78, 5) is 12.1. The van der Waals surface area contributed by atoms with E-state index in [9.17, 15) is 4.79 Å². The number of hydrogen-bond acceptors (Lipinski definition) is 2. The van der Waals surface area contributed by atoms with E-state index in [2.05, 4.69) is 0 Å². The third kappa shape index (κ3) is 2.78. The van der Waals surface area contributed by atoms with Crippen molar-refractivity contribution in [2.75, 3.05) is 0 Å². The van der Waals surface area contributed by atoms with Gasteiger partial charge < -0.3 is 0 Å². The molecule has 0 aliphatic heterocycles. The zero-order valence-electron chi connectivity index (χ0n) is 8.14. The molecule has 2 rings (SSSR count). The first-order valence-corrected chi connectivity index (χ1v) is 6.76. The fraction of sp³-hybridized carbons (Fsp3) is 0. The van der Waals surface area contributed by atoms with Gasteiger partial charge in [0, 0.05) is 5.56 Å². The standard InChI is InChI=1S/C11H4Cl4OS/c12-7-2-1-5(3-8(7)13)10(16)6-4-9(14)17-11(6)15/h1-4H. The second-order valence-electron chi connectivity index (χ2n) is 3.20. The van der Waals surface area contributed by atoms with Crippen LogP contribution in [0.1, 0.15) is 15.9 Å². The van der Waals surface area contributed by atoms with Crippen molar-refractivity contribution in [1.82, 2.24) is 0 Å². The first-order chi connectivity index (χ1) is 7.99. The van der Waals surface area contributed by atoms with Crippen LogP contribution in [0.25, 0.3) is 0 Å². The summed E-state index contributed by atoms with van der Waals surface area (Å²) in [6.07, 6.45) is 0. The highest BCUT2D eigenvalue weighted by Gasteiger charge is 2.16. The largest absolute Gasteiger partial charge is 0.289 e. The summed E-state index contributed by atoms with van der Waals surface area (Å²) in [5, 5.41) is 0.729. The first-order valence-electron chi connectivity index (χ1n) is 4.43. The number of benzene rings is 1. The summed E-state index contributed by atoms with van der Waals surface area (Å²) in [7, 11) is 0. The lowest BCUT2D eigenvalue weighted by molar-refractivity contribution is 0.103. The topological polar surface area (TPSA) is 17.1 Å². The molecule has 0 unspecified atom stereocenters. The Labute approximate surface area is 122 Å². The summed E-state index contributed by atoms with van der Waals surface area (Å²) < 4.78 is 0.837. The molecule has 2 aromatic rings. The van der Waals surface area contributed by atoms with Crippen molar-refractivity contribution < 1.29 is 4.79 Å². The van der Waals surface area contributed by atoms with Gasteiger partial charge in [-0.2, -0.15) is 0 Å². The summed E-state index contributed by atoms with van der Waals surface area (Å²) >= 11 is 24.5. The second-order valence-corrected chi connectivity index (χ2v) is 6.30. The molecule has 1 aromatic heterocycles. The van der Waals surface area contributed by atoms with Gasteiger partial charge in [0.1, 0.15) is 4.34 Å². The van der Waals surface area contributed by atoms with Crippen LogP contribution in [0.2, 0.25) is 18.7 Å². The van der Waals surface area contributed by atoms with Crippen LogP contribution < -0.4 is 0 Å². The van der Waals surface area contributed by atoms with Crippen molar-refractivity contribution in [3.63, 3.8) is 0 Å². The van der Waals surface area contributed by atoms with Crippen molar-refractivity contribution in [2.24, 2.45) is 0 Å². The molecular weight excluding hydrogens is 322 g/mol. The predicted molar refractivity (Wildman–Crippen MR) is 74.2 cm³/mol. The summed E-state index contributed by atoms with van der Waals surface area (Å²) in [6, 6.07) is 6.21. The van der Waals surface area contributed by atoms with Gasteiger partial charge in [-0.1, -0.05) is 46.4 Å². The molecule has 0 aliphatic carbocycles. The van der Waals surface area contributed by atoms with E-state index in [-0.39, 0.29) is 5.78 Å². The molecule has 1 aromatic carbocycles. The Morgan fingerprint density at radius 1 is 1.00 bits per heavy atom. The van der Waals surface area contributed by atoms with E-state index >= 15 is 0 Å². The Kier molecular flexibility index (Phi) is 4.01. The molecule has 0 atom stereocenters. The molecule has 0 amide bonds. The van der Waals surface area contributed by atoms with Crippen molar-refractivity contribution in [3.8, 4) is 0 Å². The molecule has 0 radical (unpaired) electrons. The van der Waals surface area contributed by atoms with E-state index in [1.165, 1.54) is 6.07 Å². The Morgan fingerprint density at radius 3 is 2.24 bits per heavy atom. The molecule has 0 spiro atoms. The van der Waals surface area contributed by atoms with E-state index in [0.29, 0.717) is 29.8 Å². The van der Waals surface area contributed by atoms with Crippen LogP contribution in [0.3, 0.4) is 0 Å². The Balaban J connectivity index is 2.44. The average molecular weight is 326 g/mol. The van der Waals surface area contributed by atoms with Gasteiger partial charge in [0.2, 0.25) is 0 Å². The second kappa shape index (κ2) is 5.17. The number of thiophene rings is 1. The molecule has 88 valence electrons. The molecule has 0 saturated heterocycles. The average Bonchev–Trinajstić information content (AvgIpc) is 2.61. The fourth-order valence-corrected chi connectivity index (χ4v) is 3.04. The Hall–Kier alpha value is -0.250. The lowest BCUT2D eigenvalue weighted by Gasteiger charge is -2.01. The number of rotatable bonds is 2. The van der Waals surface area contributed by atoms with Gasteiger partial charge in [0.05, 0.1) is 19.9 Å². The number of carbonyl (C=O) groups excluding carboxylic acids is 1. The molecule has 0 aliphatic rings. The van der Waals surface area contributed by atoms with Crippen LogP contribution in [0.5, 0.6) is 0 Å². The van der Waals surface area contributed by atoms with Crippen LogP contribution >= 0.6 is 57.7 Å². The number of ketones is 1. The normalized spacial score (nSPS) is 10.6. The van der Waals surface area contributed by atoms with Gasteiger partial charge in [0.15, 0.2) is 5.78 Å². The maximum atomic E-state index is 12.1. The van der Waals surface area contributed by atoms with Crippen molar-refractivity contribution in [1.29, 1.82) is 0 Å². The van der Waals surface area contributed by atoms with Gasteiger partial charge >= 0.3 is 0 Å². The number of halogens is 4. The molecule has 17 heavy (non-hydrogen) atoms. The molecule has 6 heteroatoms. The lowest BCUT2D eigenvalue weighted by Crippen LogP contribution is -2.00. The highest BCUT2D eigenvalue weighted by atomic mass is 35.5. The zero-order valence-corrected chi connectivity index (χ0v) is 12.0. The van der Waals surface area contributed by atoms with Crippen molar-refractivity contribution in [2.45, 2.75) is 0 Å².